The van der Waals surface area contributed by atoms with Crippen LogP contribution < -0.4 is 15.6 Å². The molecule has 1 aliphatic rings. The van der Waals surface area contributed by atoms with Gasteiger partial charge in [-0.05, 0) is 43.4 Å². The Bertz CT molecular complexity index is 1170. The number of anilines is 1. The number of H-pyrrole nitrogens is 1. The maximum Gasteiger partial charge on any atom is 0.573 e. The molecule has 2 heterocycles. The number of alkyl halides is 3. The lowest BCUT2D eigenvalue weighted by Gasteiger charge is -2.13. The summed E-state index contributed by atoms with van der Waals surface area (Å²) in [5.41, 5.74) is 0.878. The highest BCUT2D eigenvalue weighted by Gasteiger charge is 2.32. The predicted molar refractivity (Wildman–Crippen MR) is 115 cm³/mol. The fourth-order valence-corrected chi connectivity index (χ4v) is 5.46. The molecule has 4 rings (SSSR count). The van der Waals surface area contributed by atoms with E-state index < -0.39 is 18.0 Å². The Balaban J connectivity index is 1.38. The number of aryl methyl sites for hydroxylation is 2. The second-order valence-corrected chi connectivity index (χ2v) is 9.06. The molecule has 31 heavy (non-hydrogen) atoms. The second-order valence-electron chi connectivity index (χ2n) is 6.99. The lowest BCUT2D eigenvalue weighted by Crippen LogP contribution is -2.20. The third-order valence-corrected chi connectivity index (χ3v) is 6.86. The lowest BCUT2D eigenvalue weighted by atomic mass is 9.97. The van der Waals surface area contributed by atoms with Gasteiger partial charge >= 0.3 is 6.36 Å². The zero-order chi connectivity index (χ0) is 22.0. The molecule has 1 aliphatic carbocycles. The van der Waals surface area contributed by atoms with E-state index in [1.165, 1.54) is 34.8 Å². The van der Waals surface area contributed by atoms with E-state index in [1.807, 2.05) is 0 Å². The van der Waals surface area contributed by atoms with Gasteiger partial charge in [-0.3, -0.25) is 9.59 Å². The number of halogens is 3. The lowest BCUT2D eigenvalue weighted by molar-refractivity contribution is -0.274. The Morgan fingerprint density at radius 2 is 2.03 bits per heavy atom. The van der Waals surface area contributed by atoms with Gasteiger partial charge in [0.05, 0.1) is 22.6 Å². The molecule has 0 saturated carbocycles. The van der Waals surface area contributed by atoms with Gasteiger partial charge in [-0.1, -0.05) is 12.1 Å². The number of rotatable bonds is 6. The molecule has 3 aromatic rings. The minimum Gasteiger partial charge on any atom is -0.404 e. The molecule has 1 amide bonds. The van der Waals surface area contributed by atoms with Gasteiger partial charge in [-0.2, -0.15) is 0 Å². The van der Waals surface area contributed by atoms with Crippen molar-refractivity contribution in [2.24, 2.45) is 0 Å². The van der Waals surface area contributed by atoms with Crippen LogP contribution in [0.5, 0.6) is 5.75 Å². The Kier molecular flexibility index (Phi) is 6.24. The Hall–Kier alpha value is -2.53. The molecule has 0 atom stereocenters. The third kappa shape index (κ3) is 5.21. The molecule has 0 aliphatic heterocycles. The smallest absolute Gasteiger partial charge is 0.404 e. The molecule has 164 valence electrons. The summed E-state index contributed by atoms with van der Waals surface area (Å²) in [6.07, 6.45) is -0.797. The van der Waals surface area contributed by atoms with Crippen LogP contribution in [0.3, 0.4) is 0 Å². The van der Waals surface area contributed by atoms with E-state index >= 15 is 0 Å². The van der Waals surface area contributed by atoms with Gasteiger partial charge in [0.15, 0.2) is 5.75 Å². The van der Waals surface area contributed by atoms with Gasteiger partial charge in [0.2, 0.25) is 5.91 Å². The minimum absolute atomic E-state index is 0.0248. The summed E-state index contributed by atoms with van der Waals surface area (Å²) in [4.78, 5) is 34.0. The number of hydrogen-bond acceptors (Lipinski definition) is 6. The van der Waals surface area contributed by atoms with Crippen LogP contribution in [0.2, 0.25) is 0 Å². The van der Waals surface area contributed by atoms with Crippen LogP contribution in [0.25, 0.3) is 10.2 Å². The van der Waals surface area contributed by atoms with E-state index in [2.05, 4.69) is 20.0 Å². The number of fused-ring (bicyclic) bond motifs is 3. The number of aromatic amines is 1. The molecule has 0 fully saturated rings. The predicted octanol–water partition coefficient (Wildman–Crippen LogP) is 4.63. The monoisotopic (exact) mass is 469 g/mol. The molecule has 11 heteroatoms. The van der Waals surface area contributed by atoms with Gasteiger partial charge in [0.1, 0.15) is 10.7 Å². The second kappa shape index (κ2) is 8.91. The number of aromatic nitrogens is 2. The van der Waals surface area contributed by atoms with Crippen LogP contribution >= 0.6 is 23.1 Å². The van der Waals surface area contributed by atoms with Crippen LogP contribution in [-0.4, -0.2) is 28.0 Å². The quantitative estimate of drug-likeness (QED) is 0.550. The van der Waals surface area contributed by atoms with Crippen molar-refractivity contribution < 1.29 is 22.7 Å². The average Bonchev–Trinajstić information content (AvgIpc) is 3.07. The number of hydrogen-bond donors (Lipinski definition) is 2. The Labute approximate surface area is 183 Å². The highest BCUT2D eigenvalue weighted by atomic mass is 32.2. The number of thioether (sulfide) groups is 1. The highest BCUT2D eigenvalue weighted by molar-refractivity contribution is 7.99. The minimum atomic E-state index is -4.85. The SMILES string of the molecule is O=C(CSCc1nc2sc3c(c2c(=O)[nH]1)CCCC3)Nc1ccccc1OC(F)(F)F. The summed E-state index contributed by atoms with van der Waals surface area (Å²) in [7, 11) is 0. The molecular formula is C20H18F3N3O3S2. The van der Waals surface area contributed by atoms with Gasteiger partial charge in [-0.25, -0.2) is 4.98 Å². The summed E-state index contributed by atoms with van der Waals surface area (Å²) in [5.74, 6) is -0.232. The molecule has 0 saturated heterocycles. The maximum atomic E-state index is 12.5. The van der Waals surface area contributed by atoms with Crippen molar-refractivity contribution >= 4 is 44.9 Å². The molecule has 0 spiro atoms. The maximum absolute atomic E-state index is 12.5. The zero-order valence-electron chi connectivity index (χ0n) is 16.2. The van der Waals surface area contributed by atoms with Crippen LogP contribution in [0.4, 0.5) is 18.9 Å². The van der Waals surface area contributed by atoms with E-state index in [9.17, 15) is 22.8 Å². The normalized spacial score (nSPS) is 13.8. The molecule has 1 aromatic carbocycles. The van der Waals surface area contributed by atoms with E-state index in [0.29, 0.717) is 21.8 Å². The molecule has 6 nitrogen and oxygen atoms in total. The number of carbonyl (C=O) groups excluding carboxylic acids is 1. The van der Waals surface area contributed by atoms with Crippen molar-refractivity contribution in [3.05, 3.63) is 50.9 Å². The highest BCUT2D eigenvalue weighted by Crippen LogP contribution is 2.34. The zero-order valence-corrected chi connectivity index (χ0v) is 17.8. The first kappa shape index (κ1) is 21.7. The summed E-state index contributed by atoms with van der Waals surface area (Å²) in [6, 6.07) is 5.33. The standard InChI is InChI=1S/C20H18F3N3O3S2/c21-20(22,23)29-13-7-3-2-6-12(13)24-16(27)10-30-9-15-25-18(28)17-11-5-1-4-8-14(11)31-19(17)26-15/h2-3,6-7H,1,4-5,8-10H2,(H,24,27)(H,25,26,28). The molecule has 2 aromatic heterocycles. The Morgan fingerprint density at radius 1 is 1.26 bits per heavy atom. The van der Waals surface area contributed by atoms with E-state index in [0.717, 1.165) is 37.3 Å². The summed E-state index contributed by atoms with van der Waals surface area (Å²) in [6.45, 7) is 0. The third-order valence-electron chi connectivity index (χ3n) is 4.73. The first-order valence-corrected chi connectivity index (χ1v) is 11.5. The number of thiophene rings is 1. The molecule has 0 radical (unpaired) electrons. The first-order chi connectivity index (χ1) is 14.8. The van der Waals surface area contributed by atoms with Gasteiger partial charge in [-0.15, -0.1) is 36.3 Å². The van der Waals surface area contributed by atoms with Crippen molar-refractivity contribution in [1.82, 2.24) is 9.97 Å². The molecule has 0 bridgehead atoms. The van der Waals surface area contributed by atoms with Crippen LogP contribution in [0, 0.1) is 0 Å². The number of benzene rings is 1. The van der Waals surface area contributed by atoms with Crippen molar-refractivity contribution in [2.75, 3.05) is 11.1 Å². The van der Waals surface area contributed by atoms with Crippen LogP contribution in [0.1, 0.15) is 29.1 Å². The molecule has 0 unspecified atom stereocenters. The number of ether oxygens (including phenoxy) is 1. The van der Waals surface area contributed by atoms with E-state index in [1.54, 1.807) is 11.3 Å². The van der Waals surface area contributed by atoms with Crippen LogP contribution in [0.15, 0.2) is 29.1 Å². The van der Waals surface area contributed by atoms with E-state index in [-0.39, 0.29) is 17.0 Å². The first-order valence-electron chi connectivity index (χ1n) is 9.56. The van der Waals surface area contributed by atoms with E-state index in [4.69, 9.17) is 0 Å². The number of carbonyl (C=O) groups is 1. The average molecular weight is 470 g/mol. The number of para-hydroxylation sites is 2. The number of nitrogens with one attached hydrogen (secondary N) is 2. The van der Waals surface area contributed by atoms with Crippen molar-refractivity contribution in [3.8, 4) is 5.75 Å². The fraction of sp³-hybridized carbons (Fsp3) is 0.350. The summed E-state index contributed by atoms with van der Waals surface area (Å²) < 4.78 is 41.4. The number of nitrogens with zero attached hydrogens (tertiary/aromatic N) is 1. The molecule has 2 N–H and O–H groups in total. The summed E-state index contributed by atoms with van der Waals surface area (Å²) in [5, 5.41) is 3.09. The summed E-state index contributed by atoms with van der Waals surface area (Å²) >= 11 is 2.75. The Morgan fingerprint density at radius 3 is 2.84 bits per heavy atom. The van der Waals surface area contributed by atoms with Gasteiger partial charge in [0, 0.05) is 4.88 Å². The van der Waals surface area contributed by atoms with Gasteiger partial charge in [0.25, 0.3) is 5.56 Å². The number of amides is 1. The largest absolute Gasteiger partial charge is 0.573 e. The molecular weight excluding hydrogens is 451 g/mol. The van der Waals surface area contributed by atoms with Crippen molar-refractivity contribution in [2.45, 2.75) is 37.8 Å². The van der Waals surface area contributed by atoms with Gasteiger partial charge < -0.3 is 15.0 Å². The van der Waals surface area contributed by atoms with Crippen LogP contribution in [-0.2, 0) is 23.4 Å². The fourth-order valence-electron chi connectivity index (χ4n) is 3.49. The van der Waals surface area contributed by atoms with Crippen molar-refractivity contribution in [1.29, 1.82) is 0 Å². The topological polar surface area (TPSA) is 84.1 Å². The van der Waals surface area contributed by atoms with Crippen molar-refractivity contribution in [3.63, 3.8) is 0 Å².